The summed E-state index contributed by atoms with van der Waals surface area (Å²) in [5, 5.41) is 8.38. The van der Waals surface area contributed by atoms with Gasteiger partial charge in [-0.25, -0.2) is 0 Å². The number of rotatable bonds is 4. The fourth-order valence-corrected chi connectivity index (χ4v) is 4.73. The Morgan fingerprint density at radius 2 is 1.90 bits per heavy atom. The number of nitrogens with zero attached hydrogens (tertiary/aromatic N) is 4. The highest BCUT2D eigenvalue weighted by Crippen LogP contribution is 2.41. The summed E-state index contributed by atoms with van der Waals surface area (Å²) in [5.41, 5.74) is 12.5. The molecule has 1 aliphatic carbocycles. The zero-order chi connectivity index (χ0) is 19.9. The van der Waals surface area contributed by atoms with E-state index in [1.807, 2.05) is 23.1 Å². The Labute approximate surface area is 192 Å². The lowest BCUT2D eigenvalue weighted by molar-refractivity contribution is 0.0521. The van der Waals surface area contributed by atoms with Crippen LogP contribution in [-0.4, -0.2) is 50.6 Å². The van der Waals surface area contributed by atoms with Crippen LogP contribution in [0.1, 0.15) is 52.5 Å². The second-order valence-electron chi connectivity index (χ2n) is 7.59. The highest BCUT2D eigenvalue weighted by atomic mass is 35.5. The average Bonchev–Trinajstić information content (AvgIpc) is 3.14. The lowest BCUT2D eigenvalue weighted by atomic mass is 9.68. The molecule has 4 rings (SSSR count). The number of carbonyl (C=O) groups excluding carboxylic acids is 2. The van der Waals surface area contributed by atoms with E-state index in [1.165, 1.54) is 4.57 Å². The van der Waals surface area contributed by atoms with Crippen LogP contribution in [-0.2, 0) is 12.0 Å². The van der Waals surface area contributed by atoms with Gasteiger partial charge in [0.25, 0.3) is 11.8 Å². The Morgan fingerprint density at radius 1 is 1.20 bits per heavy atom. The largest absolute Gasteiger partial charge is 0.363 e. The average molecular weight is 476 g/mol. The number of benzene rings is 1. The van der Waals surface area contributed by atoms with Crippen molar-refractivity contribution in [3.05, 3.63) is 46.5 Å². The van der Waals surface area contributed by atoms with E-state index >= 15 is 0 Å². The highest BCUT2D eigenvalue weighted by molar-refractivity contribution is 6.30. The van der Waals surface area contributed by atoms with Gasteiger partial charge in [-0.1, -0.05) is 23.7 Å². The number of primary amides is 1. The third-order valence-electron chi connectivity index (χ3n) is 6.17. The molecule has 0 atom stereocenters. The summed E-state index contributed by atoms with van der Waals surface area (Å²) in [6.45, 7) is 1.53. The summed E-state index contributed by atoms with van der Waals surface area (Å²) in [6.07, 6.45) is 3.48. The molecular formula is C19H25Cl3N6O2. The Morgan fingerprint density at radius 3 is 2.50 bits per heavy atom. The van der Waals surface area contributed by atoms with Crippen molar-refractivity contribution in [2.24, 2.45) is 11.5 Å². The van der Waals surface area contributed by atoms with Crippen molar-refractivity contribution in [3.8, 4) is 0 Å². The number of hydrogen-bond acceptors (Lipinski definition) is 5. The maximum absolute atomic E-state index is 12.9. The SMILES string of the molecule is Cl.Cl.NCC1(c2cccc(Cl)c2)CCC(N2CCn3c(C(N)=O)nnc3C2=O)CC1. The number of hydrogen-bond donors (Lipinski definition) is 2. The maximum atomic E-state index is 12.9. The molecule has 11 heteroatoms. The van der Waals surface area contributed by atoms with E-state index in [9.17, 15) is 9.59 Å². The summed E-state index contributed by atoms with van der Waals surface area (Å²) >= 11 is 6.18. The summed E-state index contributed by atoms with van der Waals surface area (Å²) in [5.74, 6) is -0.647. The van der Waals surface area contributed by atoms with Gasteiger partial charge in [0, 0.05) is 36.1 Å². The van der Waals surface area contributed by atoms with Crippen molar-refractivity contribution in [3.63, 3.8) is 0 Å². The van der Waals surface area contributed by atoms with Gasteiger partial charge in [0.1, 0.15) is 0 Å². The first-order valence-electron chi connectivity index (χ1n) is 9.45. The van der Waals surface area contributed by atoms with Crippen molar-refractivity contribution in [1.29, 1.82) is 0 Å². The Balaban J connectivity index is 0.00000160. The minimum atomic E-state index is -0.674. The van der Waals surface area contributed by atoms with Crippen LogP contribution in [0.4, 0.5) is 0 Å². The Bertz CT molecular complexity index is 927. The van der Waals surface area contributed by atoms with Gasteiger partial charge in [-0.05, 0) is 43.4 Å². The Kier molecular flexibility index (Phi) is 7.74. The van der Waals surface area contributed by atoms with Crippen LogP contribution in [0.3, 0.4) is 0 Å². The number of carbonyl (C=O) groups is 2. The molecule has 2 aliphatic rings. The van der Waals surface area contributed by atoms with E-state index in [4.69, 9.17) is 23.1 Å². The molecule has 1 aromatic carbocycles. The third-order valence-corrected chi connectivity index (χ3v) is 6.40. The lowest BCUT2D eigenvalue weighted by Gasteiger charge is -2.44. The fourth-order valence-electron chi connectivity index (χ4n) is 4.54. The zero-order valence-electron chi connectivity index (χ0n) is 16.3. The van der Waals surface area contributed by atoms with Crippen molar-refractivity contribution in [1.82, 2.24) is 19.7 Å². The van der Waals surface area contributed by atoms with Crippen molar-refractivity contribution >= 4 is 48.2 Å². The number of halogens is 3. The molecule has 30 heavy (non-hydrogen) atoms. The fraction of sp³-hybridized carbons (Fsp3) is 0.474. The van der Waals surface area contributed by atoms with E-state index in [0.29, 0.717) is 24.7 Å². The first kappa shape index (κ1) is 24.4. The molecule has 0 bridgehead atoms. The molecule has 2 amide bonds. The van der Waals surface area contributed by atoms with Gasteiger partial charge in [0.15, 0.2) is 0 Å². The number of nitrogens with two attached hydrogens (primary N) is 2. The second-order valence-corrected chi connectivity index (χ2v) is 8.02. The molecule has 2 heterocycles. The molecule has 2 aromatic rings. The topological polar surface area (TPSA) is 120 Å². The second kappa shape index (κ2) is 9.51. The molecule has 164 valence electrons. The van der Waals surface area contributed by atoms with Gasteiger partial charge in [0.2, 0.25) is 11.6 Å². The molecule has 4 N–H and O–H groups in total. The third kappa shape index (κ3) is 4.14. The van der Waals surface area contributed by atoms with Crippen molar-refractivity contribution < 1.29 is 9.59 Å². The molecular weight excluding hydrogens is 451 g/mol. The zero-order valence-corrected chi connectivity index (χ0v) is 18.7. The molecule has 1 aromatic heterocycles. The number of amides is 2. The monoisotopic (exact) mass is 474 g/mol. The standard InChI is InChI=1S/C19H23ClN6O2.2ClH/c20-13-3-1-2-12(10-13)19(11-21)6-4-14(5-7-19)25-8-9-26-16(15(22)27)23-24-17(26)18(25)28;;/h1-3,10,14H,4-9,11,21H2,(H2,22,27);2*1H. The summed E-state index contributed by atoms with van der Waals surface area (Å²) in [7, 11) is 0. The first-order chi connectivity index (χ1) is 13.4. The van der Waals surface area contributed by atoms with E-state index in [-0.39, 0.29) is 53.8 Å². The van der Waals surface area contributed by atoms with Gasteiger partial charge < -0.3 is 16.4 Å². The number of aromatic nitrogens is 3. The summed E-state index contributed by atoms with van der Waals surface area (Å²) < 4.78 is 1.51. The van der Waals surface area contributed by atoms with Gasteiger partial charge in [-0.15, -0.1) is 35.0 Å². The molecule has 0 saturated heterocycles. The molecule has 0 unspecified atom stereocenters. The predicted molar refractivity (Wildman–Crippen MR) is 119 cm³/mol. The maximum Gasteiger partial charge on any atom is 0.292 e. The minimum Gasteiger partial charge on any atom is -0.363 e. The molecule has 1 fully saturated rings. The van der Waals surface area contributed by atoms with Crippen molar-refractivity contribution in [2.45, 2.75) is 43.7 Å². The van der Waals surface area contributed by atoms with Gasteiger partial charge in [-0.2, -0.15) is 0 Å². The summed E-state index contributed by atoms with van der Waals surface area (Å²) in [6, 6.07) is 8.02. The van der Waals surface area contributed by atoms with E-state index in [1.54, 1.807) is 0 Å². The molecule has 1 saturated carbocycles. The highest BCUT2D eigenvalue weighted by Gasteiger charge is 2.41. The van der Waals surface area contributed by atoms with E-state index in [0.717, 1.165) is 31.2 Å². The van der Waals surface area contributed by atoms with Gasteiger partial charge in [0.05, 0.1) is 0 Å². The first-order valence-corrected chi connectivity index (χ1v) is 9.83. The van der Waals surface area contributed by atoms with E-state index < -0.39 is 5.91 Å². The molecule has 8 nitrogen and oxygen atoms in total. The van der Waals surface area contributed by atoms with Crippen LogP contribution in [0.5, 0.6) is 0 Å². The van der Waals surface area contributed by atoms with Gasteiger partial charge >= 0.3 is 0 Å². The normalized spacial score (nSPS) is 23.2. The summed E-state index contributed by atoms with van der Waals surface area (Å²) in [4.78, 5) is 26.2. The number of fused-ring (bicyclic) bond motifs is 1. The van der Waals surface area contributed by atoms with Crippen LogP contribution in [0.15, 0.2) is 24.3 Å². The van der Waals surface area contributed by atoms with Crippen LogP contribution in [0.2, 0.25) is 5.02 Å². The molecule has 0 spiro atoms. The van der Waals surface area contributed by atoms with Crippen LogP contribution < -0.4 is 11.5 Å². The van der Waals surface area contributed by atoms with Crippen LogP contribution >= 0.6 is 36.4 Å². The van der Waals surface area contributed by atoms with Crippen LogP contribution in [0, 0.1) is 0 Å². The van der Waals surface area contributed by atoms with Crippen LogP contribution in [0.25, 0.3) is 0 Å². The smallest absolute Gasteiger partial charge is 0.292 e. The molecule has 1 aliphatic heterocycles. The Hall–Kier alpha value is -1.87. The lowest BCUT2D eigenvalue weighted by Crippen LogP contribution is -2.51. The minimum absolute atomic E-state index is 0. The van der Waals surface area contributed by atoms with Gasteiger partial charge in [-0.3, -0.25) is 14.2 Å². The quantitative estimate of drug-likeness (QED) is 0.702. The van der Waals surface area contributed by atoms with Crippen molar-refractivity contribution in [2.75, 3.05) is 13.1 Å². The van der Waals surface area contributed by atoms with E-state index in [2.05, 4.69) is 16.3 Å². The predicted octanol–water partition coefficient (Wildman–Crippen LogP) is 2.17. The molecule has 0 radical (unpaired) electrons.